The number of benzene rings is 2. The molecule has 0 atom stereocenters. The Morgan fingerprint density at radius 1 is 1.03 bits per heavy atom. The van der Waals surface area contributed by atoms with Crippen molar-refractivity contribution in [1.82, 2.24) is 19.9 Å². The summed E-state index contributed by atoms with van der Waals surface area (Å²) >= 11 is 6.15. The summed E-state index contributed by atoms with van der Waals surface area (Å²) in [5, 5.41) is 4.43. The van der Waals surface area contributed by atoms with Crippen LogP contribution in [0.5, 0.6) is 0 Å². The standard InChI is InChI=1S/C22H19ClN4O4/c1-26(13-18-24-20(25-31-18)16-9-4-5-10-17(16)23)19(28)11-6-12-27-21(29)14-7-2-3-8-15(14)22(27)30/h2-5,7-10H,6,11-13H2,1H3. The predicted molar refractivity (Wildman–Crippen MR) is 112 cm³/mol. The van der Waals surface area contributed by atoms with Gasteiger partial charge in [-0.25, -0.2) is 0 Å². The molecule has 3 amide bonds. The molecular formula is C22H19ClN4O4. The maximum Gasteiger partial charge on any atom is 0.261 e. The van der Waals surface area contributed by atoms with Gasteiger partial charge < -0.3 is 9.42 Å². The van der Waals surface area contributed by atoms with E-state index in [2.05, 4.69) is 10.1 Å². The molecule has 0 saturated heterocycles. The molecule has 0 fully saturated rings. The van der Waals surface area contributed by atoms with Crippen LogP contribution >= 0.6 is 11.6 Å². The number of imide groups is 1. The Hall–Kier alpha value is -3.52. The first-order valence-electron chi connectivity index (χ1n) is 9.72. The van der Waals surface area contributed by atoms with Gasteiger partial charge in [0, 0.05) is 25.6 Å². The molecule has 0 radical (unpaired) electrons. The molecule has 1 aliphatic heterocycles. The third-order valence-electron chi connectivity index (χ3n) is 5.03. The van der Waals surface area contributed by atoms with E-state index in [-0.39, 0.29) is 43.1 Å². The lowest BCUT2D eigenvalue weighted by atomic mass is 10.1. The average Bonchev–Trinajstić information content (AvgIpc) is 3.32. The van der Waals surface area contributed by atoms with Crippen LogP contribution in [-0.2, 0) is 11.3 Å². The molecule has 2 aromatic carbocycles. The van der Waals surface area contributed by atoms with Crippen LogP contribution in [0.3, 0.4) is 0 Å². The van der Waals surface area contributed by atoms with E-state index in [0.29, 0.717) is 34.0 Å². The van der Waals surface area contributed by atoms with Gasteiger partial charge in [-0.05, 0) is 30.7 Å². The smallest absolute Gasteiger partial charge is 0.261 e. The van der Waals surface area contributed by atoms with Gasteiger partial charge in [0.2, 0.25) is 17.6 Å². The summed E-state index contributed by atoms with van der Waals surface area (Å²) in [5.41, 5.74) is 1.46. The highest BCUT2D eigenvalue weighted by molar-refractivity contribution is 6.33. The lowest BCUT2D eigenvalue weighted by Gasteiger charge is -2.17. The number of nitrogens with zero attached hydrogens (tertiary/aromatic N) is 4. The van der Waals surface area contributed by atoms with Gasteiger partial charge in [0.25, 0.3) is 11.8 Å². The fraction of sp³-hybridized carbons (Fsp3) is 0.227. The fourth-order valence-electron chi connectivity index (χ4n) is 3.38. The molecule has 2 heterocycles. The number of rotatable bonds is 7. The molecule has 1 aliphatic rings. The van der Waals surface area contributed by atoms with Crippen molar-refractivity contribution in [1.29, 1.82) is 0 Å². The van der Waals surface area contributed by atoms with Crippen LogP contribution in [0.15, 0.2) is 53.1 Å². The summed E-state index contributed by atoms with van der Waals surface area (Å²) in [6, 6.07) is 13.9. The molecule has 0 spiro atoms. The molecular weight excluding hydrogens is 420 g/mol. The number of fused-ring (bicyclic) bond motifs is 1. The Labute approximate surface area is 183 Å². The van der Waals surface area contributed by atoms with Gasteiger partial charge in [-0.1, -0.05) is 41.0 Å². The van der Waals surface area contributed by atoms with Crippen LogP contribution in [0, 0.1) is 0 Å². The molecule has 0 aliphatic carbocycles. The summed E-state index contributed by atoms with van der Waals surface area (Å²) in [6.45, 7) is 0.326. The van der Waals surface area contributed by atoms with E-state index in [9.17, 15) is 14.4 Å². The highest BCUT2D eigenvalue weighted by Crippen LogP contribution is 2.25. The SMILES string of the molecule is CN(Cc1nc(-c2ccccc2Cl)no1)C(=O)CCCN1C(=O)c2ccccc2C1=O. The molecule has 0 unspecified atom stereocenters. The third-order valence-corrected chi connectivity index (χ3v) is 5.36. The van der Waals surface area contributed by atoms with Gasteiger partial charge >= 0.3 is 0 Å². The van der Waals surface area contributed by atoms with Crippen LogP contribution in [0.25, 0.3) is 11.4 Å². The van der Waals surface area contributed by atoms with Gasteiger partial charge in [0.05, 0.1) is 22.7 Å². The quantitative estimate of drug-likeness (QED) is 0.524. The lowest BCUT2D eigenvalue weighted by molar-refractivity contribution is -0.130. The maximum atomic E-state index is 12.5. The van der Waals surface area contributed by atoms with Crippen molar-refractivity contribution in [2.24, 2.45) is 0 Å². The minimum atomic E-state index is -0.320. The van der Waals surface area contributed by atoms with E-state index < -0.39 is 0 Å². The van der Waals surface area contributed by atoms with Gasteiger partial charge in [-0.3, -0.25) is 19.3 Å². The summed E-state index contributed by atoms with van der Waals surface area (Å²) in [6.07, 6.45) is 0.540. The highest BCUT2D eigenvalue weighted by Gasteiger charge is 2.34. The summed E-state index contributed by atoms with van der Waals surface area (Å²) in [5.74, 6) is -0.161. The zero-order valence-electron chi connectivity index (χ0n) is 16.7. The van der Waals surface area contributed by atoms with Crippen LogP contribution in [0.2, 0.25) is 5.02 Å². The number of hydrogen-bond acceptors (Lipinski definition) is 6. The Kier molecular flexibility index (Phi) is 5.81. The van der Waals surface area contributed by atoms with E-state index in [1.54, 1.807) is 49.5 Å². The molecule has 3 aromatic rings. The second-order valence-corrected chi connectivity index (χ2v) is 7.56. The molecule has 0 saturated carbocycles. The summed E-state index contributed by atoms with van der Waals surface area (Å²) in [7, 11) is 1.63. The minimum Gasteiger partial charge on any atom is -0.337 e. The summed E-state index contributed by atoms with van der Waals surface area (Å²) in [4.78, 5) is 44.2. The van der Waals surface area contributed by atoms with Crippen LogP contribution in [0.4, 0.5) is 0 Å². The summed E-state index contributed by atoms with van der Waals surface area (Å²) < 4.78 is 5.23. The lowest BCUT2D eigenvalue weighted by Crippen LogP contribution is -2.32. The number of aromatic nitrogens is 2. The van der Waals surface area contributed by atoms with Gasteiger partial charge in [-0.15, -0.1) is 0 Å². The van der Waals surface area contributed by atoms with Crippen molar-refractivity contribution < 1.29 is 18.9 Å². The molecule has 0 N–H and O–H groups in total. The first kappa shape index (κ1) is 20.7. The maximum absolute atomic E-state index is 12.5. The topological polar surface area (TPSA) is 96.6 Å². The largest absolute Gasteiger partial charge is 0.337 e. The van der Waals surface area contributed by atoms with Crippen molar-refractivity contribution in [3.8, 4) is 11.4 Å². The molecule has 31 heavy (non-hydrogen) atoms. The average molecular weight is 439 g/mol. The van der Waals surface area contributed by atoms with E-state index in [1.165, 1.54) is 9.80 Å². The van der Waals surface area contributed by atoms with E-state index in [4.69, 9.17) is 16.1 Å². The Bertz CT molecular complexity index is 1120. The molecule has 8 nitrogen and oxygen atoms in total. The van der Waals surface area contributed by atoms with Crippen molar-refractivity contribution in [2.75, 3.05) is 13.6 Å². The van der Waals surface area contributed by atoms with E-state index in [0.717, 1.165) is 0 Å². The zero-order valence-corrected chi connectivity index (χ0v) is 17.5. The normalized spacial score (nSPS) is 12.9. The van der Waals surface area contributed by atoms with Crippen LogP contribution in [0.1, 0.15) is 39.4 Å². The Morgan fingerprint density at radius 3 is 2.29 bits per heavy atom. The van der Waals surface area contributed by atoms with Crippen molar-refractivity contribution in [3.63, 3.8) is 0 Å². The van der Waals surface area contributed by atoms with Gasteiger partial charge in [0.15, 0.2) is 0 Å². The second-order valence-electron chi connectivity index (χ2n) is 7.15. The van der Waals surface area contributed by atoms with Crippen molar-refractivity contribution in [2.45, 2.75) is 19.4 Å². The molecule has 9 heteroatoms. The minimum absolute atomic E-state index is 0.142. The highest BCUT2D eigenvalue weighted by atomic mass is 35.5. The Balaban J connectivity index is 1.30. The third kappa shape index (κ3) is 4.20. The van der Waals surface area contributed by atoms with E-state index >= 15 is 0 Å². The number of hydrogen-bond donors (Lipinski definition) is 0. The Morgan fingerprint density at radius 2 is 1.65 bits per heavy atom. The first-order valence-corrected chi connectivity index (χ1v) is 10.1. The zero-order chi connectivity index (χ0) is 22.0. The van der Waals surface area contributed by atoms with Gasteiger partial charge in [0.1, 0.15) is 0 Å². The van der Waals surface area contributed by atoms with Crippen molar-refractivity contribution in [3.05, 3.63) is 70.6 Å². The number of carbonyl (C=O) groups excluding carboxylic acids is 3. The predicted octanol–water partition coefficient (Wildman–Crippen LogP) is 3.42. The number of carbonyl (C=O) groups is 3. The van der Waals surface area contributed by atoms with Gasteiger partial charge in [-0.2, -0.15) is 4.98 Å². The molecule has 158 valence electrons. The van der Waals surface area contributed by atoms with E-state index in [1.807, 2.05) is 6.07 Å². The fourth-order valence-corrected chi connectivity index (χ4v) is 3.60. The van der Waals surface area contributed by atoms with Crippen LogP contribution in [-0.4, -0.2) is 51.3 Å². The molecule has 1 aromatic heterocycles. The number of amides is 3. The second kappa shape index (κ2) is 8.69. The molecule has 4 rings (SSSR count). The van der Waals surface area contributed by atoms with Crippen LogP contribution < -0.4 is 0 Å². The molecule has 0 bridgehead atoms. The van der Waals surface area contributed by atoms with Crippen molar-refractivity contribution >= 4 is 29.3 Å². The monoisotopic (exact) mass is 438 g/mol. The number of halogens is 1. The first-order chi connectivity index (χ1) is 15.0.